The fraction of sp³-hybridized carbons (Fsp3) is 0.256. The molecule has 0 saturated carbocycles. The summed E-state index contributed by atoms with van der Waals surface area (Å²) in [6.45, 7) is 5.14. The highest BCUT2D eigenvalue weighted by atomic mass is 19.4. The van der Waals surface area contributed by atoms with E-state index in [1.807, 2.05) is 56.3 Å². The third-order valence-corrected chi connectivity index (χ3v) is 8.34. The van der Waals surface area contributed by atoms with Crippen molar-refractivity contribution in [2.24, 2.45) is 0 Å². The number of alkyl halides is 3. The highest BCUT2D eigenvalue weighted by molar-refractivity contribution is 5.82. The first-order valence-corrected chi connectivity index (χ1v) is 15.5. The molecule has 0 radical (unpaired) electrons. The lowest BCUT2D eigenvalue weighted by molar-refractivity contribution is -0.146. The first kappa shape index (κ1) is 37.1. The number of carbonyl (C=O) groups is 1. The summed E-state index contributed by atoms with van der Waals surface area (Å²) in [5.74, 6) is -1.14. The number of aliphatic hydroxyl groups excluding tert-OH is 1. The largest absolute Gasteiger partial charge is 0.491 e. The Balaban J connectivity index is 1.64. The number of aliphatic carboxylic acids is 1. The third-order valence-electron chi connectivity index (χ3n) is 8.34. The molecule has 0 spiro atoms. The quantitative estimate of drug-likeness (QED) is 0.0706. The number of benzene rings is 4. The van der Waals surface area contributed by atoms with Crippen molar-refractivity contribution >= 4 is 30.3 Å². The molecule has 49 heavy (non-hydrogen) atoms. The van der Waals surface area contributed by atoms with E-state index < -0.39 is 29.9 Å². The Morgan fingerprint density at radius 3 is 1.96 bits per heavy atom. The van der Waals surface area contributed by atoms with Gasteiger partial charge in [0.1, 0.15) is 23.7 Å². The molecule has 0 heterocycles. The van der Waals surface area contributed by atoms with Gasteiger partial charge in [0.15, 0.2) is 0 Å². The minimum absolute atomic E-state index is 0.0683. The van der Waals surface area contributed by atoms with Gasteiger partial charge in [-0.05, 0) is 95.6 Å². The number of carboxylic acid groups (broad SMARTS) is 1. The molecule has 258 valence electrons. The van der Waals surface area contributed by atoms with Crippen LogP contribution < -0.4 is 10.1 Å². The zero-order chi connectivity index (χ0) is 35.8. The minimum atomic E-state index is -4.62. The molecule has 1 unspecified atom stereocenters. The smallest absolute Gasteiger partial charge is 0.416 e. The molecule has 4 aromatic rings. The second-order valence-electron chi connectivity index (χ2n) is 11.8. The number of hydrogen-bond donors (Lipinski definition) is 3. The monoisotopic (exact) mass is 677 g/mol. The van der Waals surface area contributed by atoms with Gasteiger partial charge in [0.2, 0.25) is 0 Å². The molecule has 0 fully saturated rings. The maximum Gasteiger partial charge on any atom is 0.416 e. The molecule has 0 aromatic heterocycles. The first-order valence-electron chi connectivity index (χ1n) is 15.5. The van der Waals surface area contributed by atoms with Crippen LogP contribution in [0.2, 0.25) is 0 Å². The molecule has 10 heteroatoms. The van der Waals surface area contributed by atoms with E-state index >= 15 is 0 Å². The maximum absolute atomic E-state index is 14.6. The van der Waals surface area contributed by atoms with Gasteiger partial charge in [-0.3, -0.25) is 10.1 Å². The fourth-order valence-corrected chi connectivity index (χ4v) is 5.21. The lowest BCUT2D eigenvalue weighted by Gasteiger charge is -2.24. The zero-order valence-electron chi connectivity index (χ0n) is 27.7. The molecular formula is C39H39F4NO5. The molecule has 0 saturated heterocycles. The number of carboxylic acids is 1. The van der Waals surface area contributed by atoms with E-state index in [1.54, 1.807) is 31.4 Å². The number of ether oxygens (including phenoxy) is 2. The summed E-state index contributed by atoms with van der Waals surface area (Å²) in [4.78, 5) is 11.5. The number of aliphatic hydroxyl groups is 1. The van der Waals surface area contributed by atoms with Crippen molar-refractivity contribution in [3.8, 4) is 16.9 Å². The van der Waals surface area contributed by atoms with Crippen LogP contribution in [0.5, 0.6) is 5.75 Å². The van der Waals surface area contributed by atoms with Crippen LogP contribution in [0.15, 0.2) is 72.8 Å². The van der Waals surface area contributed by atoms with E-state index in [4.69, 9.17) is 9.47 Å². The normalized spacial score (nSPS) is 13.2. The highest BCUT2D eigenvalue weighted by Crippen LogP contribution is 2.35. The molecule has 6 nitrogen and oxygen atoms in total. The molecule has 0 bridgehead atoms. The maximum atomic E-state index is 14.6. The van der Waals surface area contributed by atoms with Crippen LogP contribution in [-0.2, 0) is 22.3 Å². The summed E-state index contributed by atoms with van der Waals surface area (Å²) in [6, 6.07) is 19.5. The van der Waals surface area contributed by atoms with Crippen LogP contribution in [0.3, 0.4) is 0 Å². The summed E-state index contributed by atoms with van der Waals surface area (Å²) < 4.78 is 67.1. The van der Waals surface area contributed by atoms with E-state index in [1.165, 1.54) is 31.2 Å². The van der Waals surface area contributed by atoms with Crippen molar-refractivity contribution in [1.82, 2.24) is 5.32 Å². The van der Waals surface area contributed by atoms with Crippen LogP contribution >= 0.6 is 0 Å². The molecule has 0 aliphatic rings. The Kier molecular flexibility index (Phi) is 12.2. The van der Waals surface area contributed by atoms with Crippen LogP contribution in [0.25, 0.3) is 35.4 Å². The Hall–Kier alpha value is -4.77. The van der Waals surface area contributed by atoms with Gasteiger partial charge in [-0.15, -0.1) is 0 Å². The predicted octanol–water partition coefficient (Wildman–Crippen LogP) is 8.42. The van der Waals surface area contributed by atoms with Crippen LogP contribution in [-0.4, -0.2) is 48.7 Å². The lowest BCUT2D eigenvalue weighted by atomic mass is 9.91. The van der Waals surface area contributed by atoms with Gasteiger partial charge in [0, 0.05) is 19.2 Å². The number of methoxy groups -OCH3 is 1. The van der Waals surface area contributed by atoms with Crippen molar-refractivity contribution in [2.45, 2.75) is 39.0 Å². The molecule has 0 aliphatic carbocycles. The molecule has 4 rings (SSSR count). The van der Waals surface area contributed by atoms with E-state index in [-0.39, 0.29) is 17.9 Å². The fourth-order valence-electron chi connectivity index (χ4n) is 5.21. The summed E-state index contributed by atoms with van der Waals surface area (Å²) in [6.07, 6.45) is 1.92. The Morgan fingerprint density at radius 1 is 0.816 bits per heavy atom. The van der Waals surface area contributed by atoms with Crippen molar-refractivity contribution in [3.63, 3.8) is 0 Å². The van der Waals surface area contributed by atoms with E-state index in [0.717, 1.165) is 33.9 Å². The minimum Gasteiger partial charge on any atom is -0.491 e. The Bertz CT molecular complexity index is 1850. The van der Waals surface area contributed by atoms with Crippen molar-refractivity contribution in [2.75, 3.05) is 26.9 Å². The number of halogens is 4. The summed E-state index contributed by atoms with van der Waals surface area (Å²) >= 11 is 0. The van der Waals surface area contributed by atoms with Gasteiger partial charge in [-0.1, -0.05) is 66.8 Å². The average molecular weight is 678 g/mol. The SMILES string of the molecule is COCCOc1ccc(F)c(/C=C/c2cccc(-c3cccc(/C=C/c4cc(CNC(C)(CO)C(=O)O)ccc4C(F)(F)F)c3C)c2C)c1. The van der Waals surface area contributed by atoms with Gasteiger partial charge >= 0.3 is 12.1 Å². The number of rotatable bonds is 14. The molecule has 4 aromatic carbocycles. The predicted molar refractivity (Wildman–Crippen MR) is 184 cm³/mol. The van der Waals surface area contributed by atoms with Gasteiger partial charge in [0.25, 0.3) is 0 Å². The molecule has 1 atom stereocenters. The van der Waals surface area contributed by atoms with Gasteiger partial charge in [-0.25, -0.2) is 4.39 Å². The molecule has 0 aliphatic heterocycles. The Labute approximate surface area is 283 Å². The van der Waals surface area contributed by atoms with Crippen molar-refractivity contribution < 1.29 is 42.0 Å². The molecule has 3 N–H and O–H groups in total. The Morgan fingerprint density at radius 2 is 1.41 bits per heavy atom. The third kappa shape index (κ3) is 9.23. The van der Waals surface area contributed by atoms with Crippen molar-refractivity contribution in [3.05, 3.63) is 123 Å². The van der Waals surface area contributed by atoms with E-state index in [2.05, 4.69) is 5.32 Å². The van der Waals surface area contributed by atoms with Gasteiger partial charge in [-0.2, -0.15) is 13.2 Å². The molecule has 0 amide bonds. The summed E-state index contributed by atoms with van der Waals surface area (Å²) in [7, 11) is 1.57. The topological polar surface area (TPSA) is 88.0 Å². The summed E-state index contributed by atoms with van der Waals surface area (Å²) in [5, 5.41) is 21.6. The number of hydrogen-bond acceptors (Lipinski definition) is 5. The second kappa shape index (κ2) is 16.1. The van der Waals surface area contributed by atoms with Gasteiger partial charge < -0.3 is 19.7 Å². The van der Waals surface area contributed by atoms with Gasteiger partial charge in [0.05, 0.1) is 18.8 Å². The van der Waals surface area contributed by atoms with Crippen LogP contribution in [0, 0.1) is 19.7 Å². The van der Waals surface area contributed by atoms with E-state index in [9.17, 15) is 32.6 Å². The van der Waals surface area contributed by atoms with Crippen LogP contribution in [0.1, 0.15) is 51.4 Å². The average Bonchev–Trinajstić information content (AvgIpc) is 3.07. The zero-order valence-corrected chi connectivity index (χ0v) is 27.7. The lowest BCUT2D eigenvalue weighted by Crippen LogP contribution is -2.52. The van der Waals surface area contributed by atoms with Crippen molar-refractivity contribution in [1.29, 1.82) is 0 Å². The van der Waals surface area contributed by atoms with E-state index in [0.29, 0.717) is 35.7 Å². The highest BCUT2D eigenvalue weighted by Gasteiger charge is 2.34. The molecular weight excluding hydrogens is 638 g/mol. The number of nitrogens with one attached hydrogen (secondary N) is 1. The second-order valence-corrected chi connectivity index (χ2v) is 11.8. The van der Waals surface area contributed by atoms with Crippen LogP contribution in [0.4, 0.5) is 17.6 Å². The summed E-state index contributed by atoms with van der Waals surface area (Å²) in [5.41, 5.74) is 3.39. The standard InChI is InChI=1S/C39H39F4NO5/c1-25-28(12-14-30-21-27(11-17-35(30)39(41,42)43)23-44-38(3,24-45)37(46)47)7-5-9-33(25)34-10-6-8-29(26(34)2)13-15-31-22-32(16-18-36(31)40)49-20-19-48-4/h5-18,21-22,44-45H,19-20,23-24H2,1-4H3,(H,46,47)/b14-12+,15-13+. The first-order chi connectivity index (χ1) is 23.3.